The Hall–Kier alpha value is -1.31. The van der Waals surface area contributed by atoms with Crippen LogP contribution in [0.5, 0.6) is 0 Å². The molecule has 0 spiro atoms. The van der Waals surface area contributed by atoms with Gasteiger partial charge in [0.15, 0.2) is 5.96 Å². The topological polar surface area (TPSA) is 65.5 Å². The average molecular weight is 430 g/mol. The van der Waals surface area contributed by atoms with Gasteiger partial charge in [0.1, 0.15) is 0 Å². The van der Waals surface area contributed by atoms with Gasteiger partial charge in [-0.15, -0.1) is 24.0 Å². The molecule has 3 N–H and O–H groups in total. The molecule has 1 saturated carbocycles. The van der Waals surface area contributed by atoms with E-state index in [9.17, 15) is 4.79 Å². The van der Waals surface area contributed by atoms with Gasteiger partial charge in [0.05, 0.1) is 0 Å². The van der Waals surface area contributed by atoms with Crippen LogP contribution in [0.1, 0.15) is 36.8 Å². The molecule has 23 heavy (non-hydrogen) atoms. The number of nitrogens with zero attached hydrogens (tertiary/aromatic N) is 1. The number of halogens is 1. The van der Waals surface area contributed by atoms with Crippen molar-refractivity contribution in [3.63, 3.8) is 0 Å². The van der Waals surface area contributed by atoms with Gasteiger partial charge in [-0.25, -0.2) is 0 Å². The summed E-state index contributed by atoms with van der Waals surface area (Å²) in [7, 11) is 1.76. The van der Waals surface area contributed by atoms with Gasteiger partial charge in [-0.1, -0.05) is 24.3 Å². The molecule has 0 aliphatic heterocycles. The third kappa shape index (κ3) is 7.67. The molecule has 0 heterocycles. The first-order chi connectivity index (χ1) is 10.7. The molecule has 1 aliphatic carbocycles. The molecular weight excluding hydrogens is 403 g/mol. The monoisotopic (exact) mass is 430 g/mol. The second-order valence-electron chi connectivity index (χ2n) is 5.72. The van der Waals surface area contributed by atoms with E-state index in [1.807, 2.05) is 12.1 Å². The summed E-state index contributed by atoms with van der Waals surface area (Å²) in [5.74, 6) is 0.929. The van der Waals surface area contributed by atoms with Crippen LogP contribution in [0.4, 0.5) is 0 Å². The lowest BCUT2D eigenvalue weighted by Crippen LogP contribution is -2.37. The molecule has 1 aromatic carbocycles. The van der Waals surface area contributed by atoms with Crippen molar-refractivity contribution in [2.75, 3.05) is 13.6 Å². The Morgan fingerprint density at radius 2 is 2.00 bits per heavy atom. The first-order valence-corrected chi connectivity index (χ1v) is 7.97. The molecule has 0 aromatic heterocycles. The lowest BCUT2D eigenvalue weighted by atomic mass is 10.1. The van der Waals surface area contributed by atoms with Crippen LogP contribution in [-0.4, -0.2) is 31.5 Å². The Bertz CT molecular complexity index is 529. The van der Waals surface area contributed by atoms with Gasteiger partial charge in [0, 0.05) is 32.6 Å². The number of carbonyl (C=O) groups is 1. The van der Waals surface area contributed by atoms with Crippen molar-refractivity contribution in [3.8, 4) is 0 Å². The fraction of sp³-hybridized carbons (Fsp3) is 0.529. The van der Waals surface area contributed by atoms with Crippen molar-refractivity contribution in [1.82, 2.24) is 16.0 Å². The zero-order valence-electron chi connectivity index (χ0n) is 13.9. The zero-order valence-corrected chi connectivity index (χ0v) is 16.2. The number of amides is 1. The highest BCUT2D eigenvalue weighted by Crippen LogP contribution is 2.18. The lowest BCUT2D eigenvalue weighted by Gasteiger charge is -2.13. The largest absolute Gasteiger partial charge is 0.356 e. The summed E-state index contributed by atoms with van der Waals surface area (Å²) < 4.78 is 0. The third-order valence-electron chi connectivity index (χ3n) is 3.75. The van der Waals surface area contributed by atoms with Crippen LogP contribution >= 0.6 is 24.0 Å². The minimum Gasteiger partial charge on any atom is -0.356 e. The highest BCUT2D eigenvalue weighted by atomic mass is 127. The van der Waals surface area contributed by atoms with Gasteiger partial charge in [0.25, 0.3) is 0 Å². The fourth-order valence-electron chi connectivity index (χ4n) is 2.19. The Kier molecular flexibility index (Phi) is 8.98. The van der Waals surface area contributed by atoms with Gasteiger partial charge in [0.2, 0.25) is 5.91 Å². The number of hydrogen-bond donors (Lipinski definition) is 3. The second kappa shape index (κ2) is 10.5. The van der Waals surface area contributed by atoms with Crippen molar-refractivity contribution in [2.24, 2.45) is 4.99 Å². The summed E-state index contributed by atoms with van der Waals surface area (Å²) in [6.45, 7) is 3.59. The van der Waals surface area contributed by atoms with E-state index in [1.54, 1.807) is 7.05 Å². The van der Waals surface area contributed by atoms with Gasteiger partial charge < -0.3 is 16.0 Å². The molecule has 128 valence electrons. The molecule has 0 saturated heterocycles. The number of rotatable bonds is 7. The number of nitrogens with one attached hydrogen (secondary N) is 3. The maximum absolute atomic E-state index is 11.6. The van der Waals surface area contributed by atoms with E-state index < -0.39 is 0 Å². The van der Waals surface area contributed by atoms with Crippen LogP contribution in [-0.2, 0) is 11.3 Å². The van der Waals surface area contributed by atoms with E-state index in [0.717, 1.165) is 38.3 Å². The van der Waals surface area contributed by atoms with Crippen LogP contribution in [0.25, 0.3) is 0 Å². The van der Waals surface area contributed by atoms with Crippen LogP contribution in [0.3, 0.4) is 0 Å². The number of aryl methyl sites for hydroxylation is 1. The van der Waals surface area contributed by atoms with Crippen molar-refractivity contribution in [3.05, 3.63) is 35.4 Å². The van der Waals surface area contributed by atoms with Crippen LogP contribution in [0.15, 0.2) is 29.3 Å². The standard InChI is InChI=1S/C17H26N4O.HI/c1-13-6-3-4-7-14(13)12-20-17(18-2)19-11-5-8-16(22)21-15-9-10-15;/h3-4,6-7,15H,5,8-12H2,1-2H3,(H,21,22)(H2,18,19,20);1H. The summed E-state index contributed by atoms with van der Waals surface area (Å²) in [6.07, 6.45) is 3.65. The summed E-state index contributed by atoms with van der Waals surface area (Å²) >= 11 is 0. The van der Waals surface area contributed by atoms with Gasteiger partial charge >= 0.3 is 0 Å². The Morgan fingerprint density at radius 1 is 1.26 bits per heavy atom. The summed E-state index contributed by atoms with van der Waals surface area (Å²) in [5, 5.41) is 9.53. The summed E-state index contributed by atoms with van der Waals surface area (Å²) in [4.78, 5) is 15.8. The number of benzene rings is 1. The minimum absolute atomic E-state index is 0. The third-order valence-corrected chi connectivity index (χ3v) is 3.75. The van der Waals surface area contributed by atoms with E-state index in [-0.39, 0.29) is 29.9 Å². The molecule has 2 rings (SSSR count). The zero-order chi connectivity index (χ0) is 15.8. The second-order valence-corrected chi connectivity index (χ2v) is 5.72. The van der Waals surface area contributed by atoms with Crippen LogP contribution < -0.4 is 16.0 Å². The molecule has 1 aromatic rings. The lowest BCUT2D eigenvalue weighted by molar-refractivity contribution is -0.121. The fourth-order valence-corrected chi connectivity index (χ4v) is 2.19. The molecule has 1 aliphatic rings. The molecule has 6 heteroatoms. The van der Waals surface area contributed by atoms with Gasteiger partial charge in [-0.2, -0.15) is 0 Å². The van der Waals surface area contributed by atoms with Crippen LogP contribution in [0, 0.1) is 6.92 Å². The van der Waals surface area contributed by atoms with Crippen LogP contribution in [0.2, 0.25) is 0 Å². The van der Waals surface area contributed by atoms with E-state index in [1.165, 1.54) is 11.1 Å². The molecular formula is C17H27IN4O. The van der Waals surface area contributed by atoms with Crippen molar-refractivity contribution in [2.45, 2.75) is 45.2 Å². The molecule has 0 atom stereocenters. The summed E-state index contributed by atoms with van der Waals surface area (Å²) in [6, 6.07) is 8.74. The first kappa shape index (κ1) is 19.7. The van der Waals surface area contributed by atoms with E-state index >= 15 is 0 Å². The molecule has 1 fully saturated rings. The van der Waals surface area contributed by atoms with Crippen molar-refractivity contribution in [1.29, 1.82) is 0 Å². The van der Waals surface area contributed by atoms with E-state index in [4.69, 9.17) is 0 Å². The predicted octanol–water partition coefficient (Wildman–Crippen LogP) is 2.34. The van der Waals surface area contributed by atoms with Gasteiger partial charge in [-0.3, -0.25) is 9.79 Å². The highest BCUT2D eigenvalue weighted by Gasteiger charge is 2.22. The van der Waals surface area contributed by atoms with Crippen molar-refractivity contribution < 1.29 is 4.79 Å². The summed E-state index contributed by atoms with van der Waals surface area (Å²) in [5.41, 5.74) is 2.52. The Balaban J connectivity index is 0.00000264. The molecule has 1 amide bonds. The SMILES string of the molecule is CN=C(NCCCC(=O)NC1CC1)NCc1ccccc1C.I. The number of hydrogen-bond acceptors (Lipinski definition) is 2. The molecule has 0 unspecified atom stereocenters. The molecule has 0 radical (unpaired) electrons. The maximum Gasteiger partial charge on any atom is 0.220 e. The first-order valence-electron chi connectivity index (χ1n) is 7.97. The van der Waals surface area contributed by atoms with E-state index in [0.29, 0.717) is 12.5 Å². The highest BCUT2D eigenvalue weighted by molar-refractivity contribution is 14.0. The Labute approximate surface area is 155 Å². The Morgan fingerprint density at radius 3 is 2.65 bits per heavy atom. The number of carbonyl (C=O) groups excluding carboxylic acids is 1. The molecule has 0 bridgehead atoms. The van der Waals surface area contributed by atoms with E-state index in [2.05, 4.69) is 40.0 Å². The predicted molar refractivity (Wildman–Crippen MR) is 105 cm³/mol. The number of aliphatic imine (C=N–C) groups is 1. The quantitative estimate of drug-likeness (QED) is 0.269. The number of guanidine groups is 1. The van der Waals surface area contributed by atoms with Crippen molar-refractivity contribution >= 4 is 35.8 Å². The average Bonchev–Trinajstić information content (AvgIpc) is 3.32. The normalized spacial score (nSPS) is 13.9. The smallest absolute Gasteiger partial charge is 0.220 e. The molecule has 5 nitrogen and oxygen atoms in total. The minimum atomic E-state index is 0. The maximum atomic E-state index is 11.6. The van der Waals surface area contributed by atoms with Gasteiger partial charge in [-0.05, 0) is 37.3 Å².